The Labute approximate surface area is 106 Å². The maximum atomic E-state index is 6.02. The van der Waals surface area contributed by atoms with E-state index in [1.165, 1.54) is 22.4 Å². The maximum Gasteiger partial charge on any atom is 0.0557 e. The summed E-state index contributed by atoms with van der Waals surface area (Å²) in [5, 5.41) is 4.38. The SMILES string of the molecule is Cc1ccccc1C1Cc2cc(Cl)ccc2N1. The molecule has 86 valence electrons. The van der Waals surface area contributed by atoms with Crippen molar-refractivity contribution in [1.82, 2.24) is 0 Å². The van der Waals surface area contributed by atoms with Gasteiger partial charge in [0.25, 0.3) is 0 Å². The highest BCUT2D eigenvalue weighted by atomic mass is 35.5. The molecule has 1 aliphatic rings. The second-order valence-corrected chi connectivity index (χ2v) is 5.00. The fourth-order valence-electron chi connectivity index (χ4n) is 2.50. The van der Waals surface area contributed by atoms with Crippen molar-refractivity contribution in [2.24, 2.45) is 0 Å². The van der Waals surface area contributed by atoms with Gasteiger partial charge in [-0.05, 0) is 48.2 Å². The van der Waals surface area contributed by atoms with Crippen LogP contribution in [0.3, 0.4) is 0 Å². The van der Waals surface area contributed by atoms with Gasteiger partial charge in [-0.25, -0.2) is 0 Å². The summed E-state index contributed by atoms with van der Waals surface area (Å²) in [6.45, 7) is 2.16. The van der Waals surface area contributed by atoms with Crippen LogP contribution in [-0.4, -0.2) is 0 Å². The molecule has 0 aromatic heterocycles. The molecule has 0 saturated heterocycles. The zero-order valence-electron chi connectivity index (χ0n) is 9.70. The number of fused-ring (bicyclic) bond motifs is 1. The molecule has 3 rings (SSSR count). The van der Waals surface area contributed by atoms with Gasteiger partial charge in [0, 0.05) is 10.7 Å². The van der Waals surface area contributed by atoms with Crippen LogP contribution in [0.4, 0.5) is 5.69 Å². The topological polar surface area (TPSA) is 12.0 Å². The molecule has 0 aliphatic carbocycles. The van der Waals surface area contributed by atoms with Gasteiger partial charge in [0.15, 0.2) is 0 Å². The van der Waals surface area contributed by atoms with E-state index in [1.54, 1.807) is 0 Å². The molecule has 0 spiro atoms. The quantitative estimate of drug-likeness (QED) is 0.785. The third-order valence-electron chi connectivity index (χ3n) is 3.38. The monoisotopic (exact) mass is 243 g/mol. The maximum absolute atomic E-state index is 6.02. The van der Waals surface area contributed by atoms with Crippen molar-refractivity contribution in [2.45, 2.75) is 19.4 Å². The molecule has 0 radical (unpaired) electrons. The highest BCUT2D eigenvalue weighted by Gasteiger charge is 2.22. The third kappa shape index (κ3) is 1.91. The fourth-order valence-corrected chi connectivity index (χ4v) is 2.69. The van der Waals surface area contributed by atoms with Crippen molar-refractivity contribution in [3.05, 3.63) is 64.2 Å². The van der Waals surface area contributed by atoms with Gasteiger partial charge in [0.05, 0.1) is 6.04 Å². The first-order valence-electron chi connectivity index (χ1n) is 5.84. The summed E-state index contributed by atoms with van der Waals surface area (Å²) in [5.74, 6) is 0. The average molecular weight is 244 g/mol. The van der Waals surface area contributed by atoms with E-state index in [9.17, 15) is 0 Å². The molecular weight excluding hydrogens is 230 g/mol. The summed E-state index contributed by atoms with van der Waals surface area (Å²) in [7, 11) is 0. The summed E-state index contributed by atoms with van der Waals surface area (Å²) in [5.41, 5.74) is 5.23. The second kappa shape index (κ2) is 4.08. The van der Waals surface area contributed by atoms with Crippen LogP contribution in [0.5, 0.6) is 0 Å². The summed E-state index contributed by atoms with van der Waals surface area (Å²) in [6.07, 6.45) is 1.01. The van der Waals surface area contributed by atoms with E-state index >= 15 is 0 Å². The van der Waals surface area contributed by atoms with Crippen LogP contribution in [0.15, 0.2) is 42.5 Å². The van der Waals surface area contributed by atoms with Crippen molar-refractivity contribution in [3.63, 3.8) is 0 Å². The predicted octanol–water partition coefficient (Wildman–Crippen LogP) is 4.36. The van der Waals surface area contributed by atoms with Crippen molar-refractivity contribution < 1.29 is 0 Å². The number of aryl methyl sites for hydroxylation is 1. The Morgan fingerprint density at radius 2 is 2.00 bits per heavy atom. The van der Waals surface area contributed by atoms with E-state index in [0.29, 0.717) is 6.04 Å². The number of hydrogen-bond donors (Lipinski definition) is 1. The van der Waals surface area contributed by atoms with Crippen LogP contribution < -0.4 is 5.32 Å². The smallest absolute Gasteiger partial charge is 0.0557 e. The highest BCUT2D eigenvalue weighted by molar-refractivity contribution is 6.30. The van der Waals surface area contributed by atoms with Crippen molar-refractivity contribution in [1.29, 1.82) is 0 Å². The van der Waals surface area contributed by atoms with Crippen molar-refractivity contribution in [3.8, 4) is 0 Å². The van der Waals surface area contributed by atoms with E-state index in [1.807, 2.05) is 6.07 Å². The molecule has 1 nitrogen and oxygen atoms in total. The van der Waals surface area contributed by atoms with E-state index in [-0.39, 0.29) is 0 Å². The molecule has 1 N–H and O–H groups in total. The first kappa shape index (κ1) is 10.7. The lowest BCUT2D eigenvalue weighted by Gasteiger charge is -2.14. The van der Waals surface area contributed by atoms with Crippen LogP contribution in [-0.2, 0) is 6.42 Å². The summed E-state index contributed by atoms with van der Waals surface area (Å²) in [4.78, 5) is 0. The lowest BCUT2D eigenvalue weighted by molar-refractivity contribution is 0.816. The zero-order valence-corrected chi connectivity index (χ0v) is 10.5. The molecule has 0 saturated carbocycles. The number of hydrogen-bond acceptors (Lipinski definition) is 1. The summed E-state index contributed by atoms with van der Waals surface area (Å²) in [6, 6.07) is 15.0. The minimum absolute atomic E-state index is 0.379. The van der Waals surface area contributed by atoms with E-state index < -0.39 is 0 Å². The molecule has 0 fully saturated rings. The minimum Gasteiger partial charge on any atom is -0.378 e. The van der Waals surface area contributed by atoms with Gasteiger partial charge < -0.3 is 5.32 Å². The Balaban J connectivity index is 1.94. The van der Waals surface area contributed by atoms with Crippen molar-refractivity contribution >= 4 is 17.3 Å². The summed E-state index contributed by atoms with van der Waals surface area (Å²) >= 11 is 6.02. The third-order valence-corrected chi connectivity index (χ3v) is 3.62. The van der Waals surface area contributed by atoms with Crippen LogP contribution in [0.25, 0.3) is 0 Å². The number of nitrogens with one attached hydrogen (secondary N) is 1. The Bertz CT molecular complexity index is 563. The molecule has 1 aliphatic heterocycles. The van der Waals surface area contributed by atoms with Crippen LogP contribution >= 0.6 is 11.6 Å². The standard InChI is InChI=1S/C15H14ClN/c1-10-4-2-3-5-13(10)15-9-11-8-12(16)6-7-14(11)17-15/h2-8,15,17H,9H2,1H3. The molecule has 17 heavy (non-hydrogen) atoms. The van der Waals surface area contributed by atoms with E-state index in [0.717, 1.165) is 11.4 Å². The molecule has 0 bridgehead atoms. The van der Waals surface area contributed by atoms with E-state index in [4.69, 9.17) is 11.6 Å². The van der Waals surface area contributed by atoms with Gasteiger partial charge in [0.1, 0.15) is 0 Å². The largest absolute Gasteiger partial charge is 0.378 e. The summed E-state index contributed by atoms with van der Waals surface area (Å²) < 4.78 is 0. The van der Waals surface area contributed by atoms with Crippen LogP contribution in [0, 0.1) is 6.92 Å². The van der Waals surface area contributed by atoms with Crippen LogP contribution in [0.1, 0.15) is 22.7 Å². The number of benzene rings is 2. The second-order valence-electron chi connectivity index (χ2n) is 4.56. The molecular formula is C15H14ClN. The van der Waals surface area contributed by atoms with Crippen molar-refractivity contribution in [2.75, 3.05) is 5.32 Å². The van der Waals surface area contributed by atoms with E-state index in [2.05, 4.69) is 48.6 Å². The molecule has 2 aromatic rings. The molecule has 2 heteroatoms. The van der Waals surface area contributed by atoms with Gasteiger partial charge >= 0.3 is 0 Å². The lowest BCUT2D eigenvalue weighted by atomic mass is 9.99. The zero-order chi connectivity index (χ0) is 11.8. The van der Waals surface area contributed by atoms with Gasteiger partial charge in [0.2, 0.25) is 0 Å². The number of halogens is 1. The van der Waals surface area contributed by atoms with Crippen LogP contribution in [0.2, 0.25) is 5.02 Å². The Kier molecular flexibility index (Phi) is 2.56. The van der Waals surface area contributed by atoms with Gasteiger partial charge in [-0.3, -0.25) is 0 Å². The normalized spacial score (nSPS) is 17.6. The average Bonchev–Trinajstić information content (AvgIpc) is 2.72. The molecule has 1 unspecified atom stereocenters. The fraction of sp³-hybridized carbons (Fsp3) is 0.200. The lowest BCUT2D eigenvalue weighted by Crippen LogP contribution is -2.07. The number of rotatable bonds is 1. The first-order chi connectivity index (χ1) is 8.24. The first-order valence-corrected chi connectivity index (χ1v) is 6.22. The van der Waals surface area contributed by atoms with Gasteiger partial charge in [-0.2, -0.15) is 0 Å². The molecule has 2 aromatic carbocycles. The number of anilines is 1. The Hall–Kier alpha value is -1.47. The molecule has 1 atom stereocenters. The minimum atomic E-state index is 0.379. The Morgan fingerprint density at radius 3 is 2.82 bits per heavy atom. The molecule has 0 amide bonds. The highest BCUT2D eigenvalue weighted by Crippen LogP contribution is 2.36. The van der Waals surface area contributed by atoms with Gasteiger partial charge in [-0.15, -0.1) is 0 Å². The predicted molar refractivity (Wildman–Crippen MR) is 72.7 cm³/mol. The van der Waals surface area contributed by atoms with Gasteiger partial charge in [-0.1, -0.05) is 35.9 Å². The Morgan fingerprint density at radius 1 is 1.18 bits per heavy atom. The molecule has 1 heterocycles.